The van der Waals surface area contributed by atoms with Gasteiger partial charge >= 0.3 is 5.97 Å². The third kappa shape index (κ3) is 3.95. The highest BCUT2D eigenvalue weighted by Gasteiger charge is 2.51. The maximum atomic E-state index is 13.1. The van der Waals surface area contributed by atoms with E-state index in [4.69, 9.17) is 4.74 Å². The molecule has 7 nitrogen and oxygen atoms in total. The van der Waals surface area contributed by atoms with Crippen LogP contribution in [-0.2, 0) is 14.3 Å². The van der Waals surface area contributed by atoms with Crippen LogP contribution in [0.2, 0.25) is 0 Å². The lowest BCUT2D eigenvalue weighted by molar-refractivity contribution is -0.151. The molecular weight excluding hydrogens is 394 g/mol. The third-order valence-electron chi connectivity index (χ3n) is 7.47. The van der Waals surface area contributed by atoms with Crippen molar-refractivity contribution in [2.75, 3.05) is 44.2 Å². The molecule has 4 heterocycles. The lowest BCUT2D eigenvalue weighted by Gasteiger charge is -2.36. The number of likely N-dealkylation sites (tertiary alicyclic amines) is 2. The van der Waals surface area contributed by atoms with Crippen LogP contribution in [0.3, 0.4) is 0 Å². The zero-order valence-corrected chi connectivity index (χ0v) is 18.1. The van der Waals surface area contributed by atoms with Gasteiger partial charge < -0.3 is 14.5 Å². The molecule has 0 saturated carbocycles. The Bertz CT molecular complexity index is 871. The molecule has 1 spiro atoms. The van der Waals surface area contributed by atoms with Crippen molar-refractivity contribution in [2.45, 2.75) is 51.0 Å². The summed E-state index contributed by atoms with van der Waals surface area (Å²) in [6.45, 7) is 4.90. The van der Waals surface area contributed by atoms with Crippen LogP contribution >= 0.6 is 0 Å². The summed E-state index contributed by atoms with van der Waals surface area (Å²) in [7, 11) is 0. The molecule has 1 atom stereocenters. The number of hydrogen-bond acceptors (Lipinski definition) is 5. The first-order valence-corrected chi connectivity index (χ1v) is 11.7. The van der Waals surface area contributed by atoms with Gasteiger partial charge in [0.1, 0.15) is 6.10 Å². The van der Waals surface area contributed by atoms with Crippen LogP contribution in [0.25, 0.3) is 0 Å². The molecule has 0 bridgehead atoms. The first kappa shape index (κ1) is 20.5. The van der Waals surface area contributed by atoms with Crippen LogP contribution in [0.5, 0.6) is 0 Å². The summed E-state index contributed by atoms with van der Waals surface area (Å²) in [5.74, 6) is 0.0226. The van der Waals surface area contributed by atoms with Crippen LogP contribution < -0.4 is 4.90 Å². The van der Waals surface area contributed by atoms with Crippen molar-refractivity contribution in [2.24, 2.45) is 5.41 Å². The minimum absolute atomic E-state index is 0.0115. The van der Waals surface area contributed by atoms with E-state index in [1.165, 1.54) is 12.8 Å². The second kappa shape index (κ2) is 8.26. The smallest absolute Gasteiger partial charge is 0.312 e. The van der Waals surface area contributed by atoms with E-state index < -0.39 is 5.41 Å². The summed E-state index contributed by atoms with van der Waals surface area (Å²) in [4.78, 5) is 43.9. The Morgan fingerprint density at radius 2 is 1.81 bits per heavy atom. The Hall–Kier alpha value is -2.41. The Kier molecular flexibility index (Phi) is 5.46. The van der Waals surface area contributed by atoms with E-state index in [-0.39, 0.29) is 23.9 Å². The third-order valence-corrected chi connectivity index (χ3v) is 7.47. The zero-order valence-electron chi connectivity index (χ0n) is 18.1. The number of benzene rings is 1. The van der Waals surface area contributed by atoms with Gasteiger partial charge in [-0.3, -0.25) is 19.3 Å². The van der Waals surface area contributed by atoms with Gasteiger partial charge in [0.15, 0.2) is 0 Å². The van der Waals surface area contributed by atoms with Crippen molar-refractivity contribution in [3.8, 4) is 0 Å². The van der Waals surface area contributed by atoms with Gasteiger partial charge in [-0.1, -0.05) is 6.07 Å². The molecule has 4 fully saturated rings. The summed E-state index contributed by atoms with van der Waals surface area (Å²) in [5.41, 5.74) is 0.977. The maximum Gasteiger partial charge on any atom is 0.312 e. The van der Waals surface area contributed by atoms with Crippen molar-refractivity contribution in [1.82, 2.24) is 9.80 Å². The molecule has 4 aliphatic heterocycles. The van der Waals surface area contributed by atoms with E-state index in [0.29, 0.717) is 44.5 Å². The highest BCUT2D eigenvalue weighted by Crippen LogP contribution is 2.43. The summed E-state index contributed by atoms with van der Waals surface area (Å²) >= 11 is 0. The van der Waals surface area contributed by atoms with E-state index >= 15 is 0 Å². The fourth-order valence-corrected chi connectivity index (χ4v) is 5.65. The molecular formula is C24H31N3O4. The van der Waals surface area contributed by atoms with E-state index in [1.807, 2.05) is 29.2 Å². The summed E-state index contributed by atoms with van der Waals surface area (Å²) in [5, 5.41) is 0. The highest BCUT2D eigenvalue weighted by atomic mass is 16.6. The van der Waals surface area contributed by atoms with E-state index in [0.717, 1.165) is 38.2 Å². The number of nitrogens with zero attached hydrogens (tertiary/aromatic N) is 3. The van der Waals surface area contributed by atoms with Crippen molar-refractivity contribution in [3.05, 3.63) is 29.8 Å². The quantitative estimate of drug-likeness (QED) is 0.693. The highest BCUT2D eigenvalue weighted by molar-refractivity contribution is 5.99. The summed E-state index contributed by atoms with van der Waals surface area (Å²) in [6.07, 6.45) is 5.99. The lowest BCUT2D eigenvalue weighted by Crippen LogP contribution is -2.45. The van der Waals surface area contributed by atoms with Crippen LogP contribution in [0.15, 0.2) is 24.3 Å². The Morgan fingerprint density at radius 3 is 2.52 bits per heavy atom. The van der Waals surface area contributed by atoms with Gasteiger partial charge in [0.2, 0.25) is 5.91 Å². The van der Waals surface area contributed by atoms with Crippen molar-refractivity contribution in [1.29, 1.82) is 0 Å². The minimum atomic E-state index is -0.426. The lowest BCUT2D eigenvalue weighted by atomic mass is 9.76. The molecule has 2 amide bonds. The van der Waals surface area contributed by atoms with Crippen molar-refractivity contribution >= 4 is 23.5 Å². The number of cyclic esters (lactones) is 1. The summed E-state index contributed by atoms with van der Waals surface area (Å²) in [6, 6.07) is 7.37. The molecule has 31 heavy (non-hydrogen) atoms. The first-order valence-electron chi connectivity index (χ1n) is 11.7. The molecule has 4 saturated heterocycles. The fourth-order valence-electron chi connectivity index (χ4n) is 5.65. The normalized spacial score (nSPS) is 26.1. The molecule has 0 aromatic heterocycles. The molecule has 1 aromatic carbocycles. The van der Waals surface area contributed by atoms with Gasteiger partial charge in [0, 0.05) is 50.3 Å². The predicted molar refractivity (Wildman–Crippen MR) is 116 cm³/mol. The van der Waals surface area contributed by atoms with Crippen molar-refractivity contribution in [3.63, 3.8) is 0 Å². The van der Waals surface area contributed by atoms with Gasteiger partial charge in [-0.25, -0.2) is 0 Å². The summed E-state index contributed by atoms with van der Waals surface area (Å²) < 4.78 is 5.76. The van der Waals surface area contributed by atoms with E-state index in [1.54, 1.807) is 4.90 Å². The standard InChI is InChI=1S/C24H31N3O4/c28-21-7-4-12-27(21)19-6-3-5-18(15-19)22(29)26-13-8-24(9-14-26)16-20(31-23(24)30)17-25-10-1-2-11-25/h3,5-6,15,20H,1-2,4,7-14,16-17H2. The van der Waals surface area contributed by atoms with Crippen LogP contribution in [0, 0.1) is 5.41 Å². The fraction of sp³-hybridized carbons (Fsp3) is 0.625. The number of rotatable bonds is 4. The SMILES string of the molecule is O=C(c1cccc(N2CCCC2=O)c1)N1CCC2(CC1)CC(CN1CCCC1)OC2=O. The maximum absolute atomic E-state index is 13.1. The van der Waals surface area contributed by atoms with Crippen LogP contribution in [0.1, 0.15) is 55.3 Å². The molecule has 0 N–H and O–H groups in total. The first-order chi connectivity index (χ1) is 15.0. The van der Waals surface area contributed by atoms with Crippen molar-refractivity contribution < 1.29 is 19.1 Å². The molecule has 4 aliphatic rings. The molecule has 7 heteroatoms. The average molecular weight is 426 g/mol. The van der Waals surface area contributed by atoms with Gasteiger partial charge in [0.25, 0.3) is 5.91 Å². The van der Waals surface area contributed by atoms with E-state index in [9.17, 15) is 14.4 Å². The number of piperidine rings is 1. The Balaban J connectivity index is 1.21. The number of anilines is 1. The average Bonchev–Trinajstić information content (AvgIpc) is 3.51. The predicted octanol–water partition coefficient (Wildman–Crippen LogP) is 2.45. The number of esters is 1. The monoisotopic (exact) mass is 425 g/mol. The van der Waals surface area contributed by atoms with E-state index in [2.05, 4.69) is 4.90 Å². The topological polar surface area (TPSA) is 70.2 Å². The molecule has 1 unspecified atom stereocenters. The number of ether oxygens (including phenoxy) is 1. The van der Waals surface area contributed by atoms with Crippen LogP contribution in [0.4, 0.5) is 5.69 Å². The van der Waals surface area contributed by atoms with Crippen LogP contribution in [-0.4, -0.2) is 73.0 Å². The minimum Gasteiger partial charge on any atom is -0.461 e. The molecule has 0 radical (unpaired) electrons. The number of hydrogen-bond donors (Lipinski definition) is 0. The second-order valence-electron chi connectivity index (χ2n) is 9.51. The van der Waals surface area contributed by atoms with Gasteiger partial charge in [-0.05, 0) is 63.4 Å². The molecule has 0 aliphatic carbocycles. The van der Waals surface area contributed by atoms with Gasteiger partial charge in [-0.2, -0.15) is 0 Å². The molecule has 5 rings (SSSR count). The van der Waals surface area contributed by atoms with Gasteiger partial charge in [-0.15, -0.1) is 0 Å². The number of carbonyl (C=O) groups excluding carboxylic acids is 3. The second-order valence-corrected chi connectivity index (χ2v) is 9.51. The largest absolute Gasteiger partial charge is 0.461 e. The molecule has 1 aromatic rings. The molecule has 166 valence electrons. The number of amides is 2. The van der Waals surface area contributed by atoms with Gasteiger partial charge in [0.05, 0.1) is 5.41 Å². The Morgan fingerprint density at radius 1 is 1.03 bits per heavy atom. The number of carbonyl (C=O) groups is 3. The Labute approximate surface area is 183 Å². The zero-order chi connectivity index (χ0) is 21.4.